The van der Waals surface area contributed by atoms with Crippen molar-refractivity contribution < 1.29 is 18.0 Å². The molecule has 0 radical (unpaired) electrons. The third-order valence-electron chi connectivity index (χ3n) is 4.11. The minimum atomic E-state index is -4.42. The van der Waals surface area contributed by atoms with Crippen LogP contribution in [0.1, 0.15) is 11.1 Å². The molecule has 0 bridgehead atoms. The maximum Gasteiger partial charge on any atom is 0.417 e. The molecular formula is C18H18F3N3OS. The summed E-state index contributed by atoms with van der Waals surface area (Å²) >= 11 is 1.56. The SMILES string of the molecule is O=C(NCCc1ccccc1)[C@@H]1CSCN1c1ccc(C(F)(F)F)cn1. The molecule has 26 heavy (non-hydrogen) atoms. The molecule has 1 atom stereocenters. The number of alkyl halides is 3. The zero-order valence-electron chi connectivity index (χ0n) is 13.9. The average molecular weight is 381 g/mol. The van der Waals surface area contributed by atoms with Crippen LogP contribution in [0.2, 0.25) is 0 Å². The topological polar surface area (TPSA) is 45.2 Å². The standard InChI is InChI=1S/C18H18F3N3OS/c19-18(20,21)14-6-7-16(23-10-14)24-12-26-11-15(24)17(25)22-9-8-13-4-2-1-3-5-13/h1-7,10,15H,8-9,11-12H2,(H,22,25)/t15-/m0/s1. The fourth-order valence-corrected chi connectivity index (χ4v) is 3.87. The van der Waals surface area contributed by atoms with Gasteiger partial charge in [-0.2, -0.15) is 13.2 Å². The van der Waals surface area contributed by atoms with Gasteiger partial charge in [0.05, 0.1) is 11.4 Å². The highest BCUT2D eigenvalue weighted by molar-refractivity contribution is 7.99. The number of anilines is 1. The number of nitrogens with one attached hydrogen (secondary N) is 1. The second-order valence-corrected chi connectivity index (χ2v) is 6.91. The Morgan fingerprint density at radius 2 is 2.00 bits per heavy atom. The second-order valence-electron chi connectivity index (χ2n) is 5.91. The molecule has 1 aromatic carbocycles. The molecule has 0 unspecified atom stereocenters. The lowest BCUT2D eigenvalue weighted by molar-refractivity contribution is -0.137. The number of pyridine rings is 1. The van der Waals surface area contributed by atoms with Crippen molar-refractivity contribution in [1.82, 2.24) is 10.3 Å². The van der Waals surface area contributed by atoms with E-state index in [2.05, 4.69) is 10.3 Å². The number of aromatic nitrogens is 1. The normalized spacial score (nSPS) is 17.3. The van der Waals surface area contributed by atoms with Crippen molar-refractivity contribution in [1.29, 1.82) is 0 Å². The molecule has 138 valence electrons. The van der Waals surface area contributed by atoms with Crippen molar-refractivity contribution in [2.75, 3.05) is 23.1 Å². The summed E-state index contributed by atoms with van der Waals surface area (Å²) in [6.45, 7) is 0.512. The number of benzene rings is 1. The van der Waals surface area contributed by atoms with Crippen molar-refractivity contribution in [3.05, 3.63) is 59.8 Å². The van der Waals surface area contributed by atoms with Crippen molar-refractivity contribution in [2.45, 2.75) is 18.6 Å². The number of carbonyl (C=O) groups is 1. The zero-order chi connectivity index (χ0) is 18.6. The first-order valence-electron chi connectivity index (χ1n) is 8.14. The fourth-order valence-electron chi connectivity index (χ4n) is 2.70. The van der Waals surface area contributed by atoms with E-state index in [1.807, 2.05) is 30.3 Å². The lowest BCUT2D eigenvalue weighted by atomic mass is 10.1. The van der Waals surface area contributed by atoms with Crippen molar-refractivity contribution in [2.24, 2.45) is 0 Å². The minimum absolute atomic E-state index is 0.132. The first-order valence-corrected chi connectivity index (χ1v) is 9.30. The number of nitrogens with zero attached hydrogens (tertiary/aromatic N) is 2. The number of amides is 1. The van der Waals surface area contributed by atoms with Crippen LogP contribution in [0.25, 0.3) is 0 Å². The van der Waals surface area contributed by atoms with Gasteiger partial charge in [0, 0.05) is 18.5 Å². The summed E-state index contributed by atoms with van der Waals surface area (Å²) < 4.78 is 38.0. The minimum Gasteiger partial charge on any atom is -0.354 e. The fraction of sp³-hybridized carbons (Fsp3) is 0.333. The van der Waals surface area contributed by atoms with Gasteiger partial charge < -0.3 is 10.2 Å². The molecular weight excluding hydrogens is 363 g/mol. The van der Waals surface area contributed by atoms with Crippen LogP contribution in [0, 0.1) is 0 Å². The third kappa shape index (κ3) is 4.49. The molecule has 1 saturated heterocycles. The van der Waals surface area contributed by atoms with Crippen molar-refractivity contribution in [3.8, 4) is 0 Å². The van der Waals surface area contributed by atoms with E-state index in [0.717, 1.165) is 24.2 Å². The Morgan fingerprint density at radius 3 is 2.65 bits per heavy atom. The number of rotatable bonds is 5. The molecule has 3 rings (SSSR count). The van der Waals surface area contributed by atoms with Crippen LogP contribution in [-0.4, -0.2) is 35.1 Å². The molecule has 4 nitrogen and oxygen atoms in total. The largest absolute Gasteiger partial charge is 0.417 e. The van der Waals surface area contributed by atoms with Crippen LogP contribution in [0.4, 0.5) is 19.0 Å². The highest BCUT2D eigenvalue weighted by atomic mass is 32.2. The molecule has 2 heterocycles. The van der Waals surface area contributed by atoms with Gasteiger partial charge in [-0.1, -0.05) is 30.3 Å². The van der Waals surface area contributed by atoms with E-state index >= 15 is 0 Å². The number of carbonyl (C=O) groups excluding carboxylic acids is 1. The molecule has 1 N–H and O–H groups in total. The van der Waals surface area contributed by atoms with E-state index < -0.39 is 17.8 Å². The molecule has 0 saturated carbocycles. The first kappa shape index (κ1) is 18.6. The second kappa shape index (κ2) is 7.99. The molecule has 1 fully saturated rings. The van der Waals surface area contributed by atoms with Crippen LogP contribution >= 0.6 is 11.8 Å². The molecule has 1 aliphatic rings. The summed E-state index contributed by atoms with van der Waals surface area (Å²) in [6, 6.07) is 11.7. The van der Waals surface area contributed by atoms with Crippen LogP contribution in [0.3, 0.4) is 0 Å². The molecule has 8 heteroatoms. The Labute approximate surface area is 153 Å². The Kier molecular flexibility index (Phi) is 5.70. The van der Waals surface area contributed by atoms with Crippen LogP contribution in [-0.2, 0) is 17.4 Å². The Hall–Kier alpha value is -2.22. The Morgan fingerprint density at radius 1 is 1.23 bits per heavy atom. The van der Waals surface area contributed by atoms with Crippen molar-refractivity contribution in [3.63, 3.8) is 0 Å². The van der Waals surface area contributed by atoms with E-state index in [1.165, 1.54) is 6.07 Å². The smallest absolute Gasteiger partial charge is 0.354 e. The summed E-state index contributed by atoms with van der Waals surface area (Å²) in [7, 11) is 0. The monoisotopic (exact) mass is 381 g/mol. The summed E-state index contributed by atoms with van der Waals surface area (Å²) in [6.07, 6.45) is -2.88. The van der Waals surface area contributed by atoms with Crippen LogP contribution in [0.5, 0.6) is 0 Å². The lowest BCUT2D eigenvalue weighted by Crippen LogP contribution is -2.45. The van der Waals surface area contributed by atoms with Gasteiger partial charge in [0.25, 0.3) is 0 Å². The van der Waals surface area contributed by atoms with Gasteiger partial charge in [0.2, 0.25) is 5.91 Å². The van der Waals surface area contributed by atoms with Crippen LogP contribution in [0.15, 0.2) is 48.7 Å². The van der Waals surface area contributed by atoms with Crippen molar-refractivity contribution >= 4 is 23.5 Å². The molecule has 0 spiro atoms. The highest BCUT2D eigenvalue weighted by Gasteiger charge is 2.34. The number of thioether (sulfide) groups is 1. The maximum absolute atomic E-state index is 12.7. The van der Waals surface area contributed by atoms with Gasteiger partial charge >= 0.3 is 6.18 Å². The molecule has 1 aliphatic heterocycles. The third-order valence-corrected chi connectivity index (χ3v) is 5.12. The maximum atomic E-state index is 12.7. The van der Waals surface area contributed by atoms with E-state index in [1.54, 1.807) is 16.7 Å². The summed E-state index contributed by atoms with van der Waals surface area (Å²) in [5.41, 5.74) is 0.340. The van der Waals surface area contributed by atoms with Gasteiger partial charge in [-0.3, -0.25) is 4.79 Å². The quantitative estimate of drug-likeness (QED) is 0.863. The van der Waals surface area contributed by atoms with Gasteiger partial charge in [0.15, 0.2) is 0 Å². The van der Waals surface area contributed by atoms with Gasteiger partial charge in [0.1, 0.15) is 11.9 Å². The van der Waals surface area contributed by atoms with Gasteiger partial charge in [-0.05, 0) is 24.1 Å². The van der Waals surface area contributed by atoms with E-state index in [9.17, 15) is 18.0 Å². The zero-order valence-corrected chi connectivity index (χ0v) is 14.7. The Bertz CT molecular complexity index is 738. The molecule has 2 aromatic rings. The summed E-state index contributed by atoms with van der Waals surface area (Å²) in [4.78, 5) is 18.1. The first-order chi connectivity index (χ1) is 12.4. The van der Waals surface area contributed by atoms with E-state index in [-0.39, 0.29) is 5.91 Å². The molecule has 1 aromatic heterocycles. The van der Waals surface area contributed by atoms with Gasteiger partial charge in [-0.15, -0.1) is 11.8 Å². The predicted molar refractivity (Wildman–Crippen MR) is 96.0 cm³/mol. The van der Waals surface area contributed by atoms with Gasteiger partial charge in [-0.25, -0.2) is 4.98 Å². The molecule has 1 amide bonds. The predicted octanol–water partition coefficient (Wildman–Crippen LogP) is 3.34. The molecule has 0 aliphatic carbocycles. The Balaban J connectivity index is 1.59. The lowest BCUT2D eigenvalue weighted by Gasteiger charge is -2.24. The van der Waals surface area contributed by atoms with Crippen LogP contribution < -0.4 is 10.2 Å². The number of halogens is 3. The van der Waals surface area contributed by atoms with E-state index in [0.29, 0.717) is 24.0 Å². The van der Waals surface area contributed by atoms with E-state index in [4.69, 9.17) is 0 Å². The number of hydrogen-bond acceptors (Lipinski definition) is 4. The average Bonchev–Trinajstić information content (AvgIpc) is 3.12. The highest BCUT2D eigenvalue weighted by Crippen LogP contribution is 2.31. The summed E-state index contributed by atoms with van der Waals surface area (Å²) in [5, 5.41) is 2.91. The summed E-state index contributed by atoms with van der Waals surface area (Å²) in [5.74, 6) is 1.36. The number of hydrogen-bond donors (Lipinski definition) is 1.